The third-order valence-corrected chi connectivity index (χ3v) is 3.25. The van der Waals surface area contributed by atoms with Crippen molar-refractivity contribution in [2.24, 2.45) is 5.41 Å². The van der Waals surface area contributed by atoms with Gasteiger partial charge in [-0.2, -0.15) is 0 Å². The molecule has 1 unspecified atom stereocenters. The molecule has 0 spiro atoms. The van der Waals surface area contributed by atoms with E-state index in [1.807, 2.05) is 18.2 Å². The van der Waals surface area contributed by atoms with Gasteiger partial charge in [-0.1, -0.05) is 51.1 Å². The van der Waals surface area contributed by atoms with Gasteiger partial charge < -0.3 is 10.4 Å². The van der Waals surface area contributed by atoms with Crippen LogP contribution in [0.5, 0.6) is 0 Å². The molecule has 1 amide bonds. The third kappa shape index (κ3) is 6.71. The van der Waals surface area contributed by atoms with E-state index in [2.05, 4.69) is 38.2 Å². The van der Waals surface area contributed by atoms with Crippen LogP contribution in [0.25, 0.3) is 0 Å². The van der Waals surface area contributed by atoms with E-state index >= 15 is 0 Å². The normalized spacial score (nSPS) is 13.0. The van der Waals surface area contributed by atoms with Crippen molar-refractivity contribution in [3.05, 3.63) is 35.9 Å². The maximum atomic E-state index is 11.8. The standard InChI is InChI=1S/C17H27NO2/c1-17(2,3)13-16(20)18-11-9-15(10-12-19)14-7-5-4-6-8-14/h4-8,15,19H,9-13H2,1-3H3,(H,18,20). The van der Waals surface area contributed by atoms with Crippen molar-refractivity contribution in [1.82, 2.24) is 5.32 Å². The zero-order chi connectivity index (χ0) is 15.0. The van der Waals surface area contributed by atoms with Gasteiger partial charge in [0, 0.05) is 19.6 Å². The predicted molar refractivity (Wildman–Crippen MR) is 82.6 cm³/mol. The molecule has 3 nitrogen and oxygen atoms in total. The number of hydrogen-bond acceptors (Lipinski definition) is 2. The highest BCUT2D eigenvalue weighted by molar-refractivity contribution is 5.76. The van der Waals surface area contributed by atoms with Crippen molar-refractivity contribution in [3.8, 4) is 0 Å². The average Bonchev–Trinajstić information content (AvgIpc) is 2.36. The number of amides is 1. The minimum Gasteiger partial charge on any atom is -0.396 e. The molecule has 0 aliphatic heterocycles. The van der Waals surface area contributed by atoms with Gasteiger partial charge in [-0.25, -0.2) is 0 Å². The molecule has 0 saturated heterocycles. The molecule has 0 bridgehead atoms. The Morgan fingerprint density at radius 2 is 1.85 bits per heavy atom. The van der Waals surface area contributed by atoms with Crippen LogP contribution in [-0.2, 0) is 4.79 Å². The van der Waals surface area contributed by atoms with Gasteiger partial charge in [-0.3, -0.25) is 4.79 Å². The van der Waals surface area contributed by atoms with Gasteiger partial charge in [0.25, 0.3) is 0 Å². The van der Waals surface area contributed by atoms with Gasteiger partial charge >= 0.3 is 0 Å². The fourth-order valence-corrected chi connectivity index (χ4v) is 2.29. The summed E-state index contributed by atoms with van der Waals surface area (Å²) in [7, 11) is 0. The monoisotopic (exact) mass is 277 g/mol. The van der Waals surface area contributed by atoms with Gasteiger partial charge in [0.2, 0.25) is 5.91 Å². The third-order valence-electron chi connectivity index (χ3n) is 3.25. The molecule has 0 heterocycles. The molecule has 1 atom stereocenters. The van der Waals surface area contributed by atoms with E-state index in [0.29, 0.717) is 18.9 Å². The van der Waals surface area contributed by atoms with Gasteiger partial charge in [-0.05, 0) is 29.7 Å². The number of rotatable bonds is 7. The fraction of sp³-hybridized carbons (Fsp3) is 0.588. The van der Waals surface area contributed by atoms with Crippen LogP contribution in [0.3, 0.4) is 0 Å². The molecule has 0 aliphatic carbocycles. The van der Waals surface area contributed by atoms with Gasteiger partial charge in [0.05, 0.1) is 0 Å². The van der Waals surface area contributed by atoms with Gasteiger partial charge in [0.1, 0.15) is 0 Å². The summed E-state index contributed by atoms with van der Waals surface area (Å²) in [5.41, 5.74) is 1.25. The number of carbonyl (C=O) groups is 1. The largest absolute Gasteiger partial charge is 0.396 e. The Morgan fingerprint density at radius 3 is 2.40 bits per heavy atom. The van der Waals surface area contributed by atoms with Crippen LogP contribution < -0.4 is 5.32 Å². The number of aliphatic hydroxyl groups is 1. The van der Waals surface area contributed by atoms with Gasteiger partial charge in [0.15, 0.2) is 0 Å². The number of hydrogen-bond donors (Lipinski definition) is 2. The van der Waals surface area contributed by atoms with E-state index in [1.165, 1.54) is 5.56 Å². The molecular formula is C17H27NO2. The lowest BCUT2D eigenvalue weighted by Gasteiger charge is -2.19. The summed E-state index contributed by atoms with van der Waals surface area (Å²) in [6.45, 7) is 7.02. The summed E-state index contributed by atoms with van der Waals surface area (Å²) in [6, 6.07) is 10.2. The second kappa shape index (κ2) is 8.05. The first-order valence-electron chi connectivity index (χ1n) is 7.35. The number of nitrogens with one attached hydrogen (secondary N) is 1. The minimum absolute atomic E-state index is 0.0218. The highest BCUT2D eigenvalue weighted by atomic mass is 16.3. The fourth-order valence-electron chi connectivity index (χ4n) is 2.29. The van der Waals surface area contributed by atoms with Crippen LogP contribution in [-0.4, -0.2) is 24.2 Å². The van der Waals surface area contributed by atoms with Crippen LogP contribution in [0.1, 0.15) is 51.5 Å². The molecule has 112 valence electrons. The van der Waals surface area contributed by atoms with E-state index in [9.17, 15) is 9.90 Å². The molecular weight excluding hydrogens is 250 g/mol. The van der Waals surface area contributed by atoms with E-state index in [4.69, 9.17) is 0 Å². The maximum absolute atomic E-state index is 11.8. The number of aliphatic hydroxyl groups excluding tert-OH is 1. The molecule has 0 aliphatic rings. The van der Waals surface area contributed by atoms with Crippen molar-refractivity contribution >= 4 is 5.91 Å². The predicted octanol–water partition coefficient (Wildman–Crippen LogP) is 3.10. The van der Waals surface area contributed by atoms with Crippen molar-refractivity contribution in [2.75, 3.05) is 13.2 Å². The van der Waals surface area contributed by atoms with E-state index < -0.39 is 0 Å². The summed E-state index contributed by atoms with van der Waals surface area (Å²) in [5, 5.41) is 12.1. The second-order valence-electron chi connectivity index (χ2n) is 6.50. The first kappa shape index (κ1) is 16.7. The molecule has 0 fully saturated rings. The maximum Gasteiger partial charge on any atom is 0.220 e. The Morgan fingerprint density at radius 1 is 1.20 bits per heavy atom. The molecule has 0 aromatic heterocycles. The summed E-state index contributed by atoms with van der Waals surface area (Å²) >= 11 is 0. The van der Waals surface area contributed by atoms with Crippen LogP contribution in [0.2, 0.25) is 0 Å². The zero-order valence-electron chi connectivity index (χ0n) is 12.9. The highest BCUT2D eigenvalue weighted by Crippen LogP contribution is 2.22. The molecule has 1 aromatic carbocycles. The second-order valence-corrected chi connectivity index (χ2v) is 6.50. The summed E-state index contributed by atoms with van der Waals surface area (Å²) in [4.78, 5) is 11.8. The summed E-state index contributed by atoms with van der Waals surface area (Å²) in [5.74, 6) is 0.407. The topological polar surface area (TPSA) is 49.3 Å². The minimum atomic E-state index is 0.0218. The lowest BCUT2D eigenvalue weighted by Crippen LogP contribution is -2.29. The van der Waals surface area contributed by atoms with Crippen molar-refractivity contribution in [2.45, 2.75) is 46.0 Å². The summed E-state index contributed by atoms with van der Waals surface area (Å²) in [6.07, 6.45) is 2.14. The van der Waals surface area contributed by atoms with Crippen molar-refractivity contribution in [1.29, 1.82) is 0 Å². The van der Waals surface area contributed by atoms with Crippen molar-refractivity contribution in [3.63, 3.8) is 0 Å². The molecule has 20 heavy (non-hydrogen) atoms. The van der Waals surface area contributed by atoms with Crippen LogP contribution in [0, 0.1) is 5.41 Å². The Balaban J connectivity index is 2.42. The highest BCUT2D eigenvalue weighted by Gasteiger charge is 2.16. The van der Waals surface area contributed by atoms with Crippen LogP contribution in [0.15, 0.2) is 30.3 Å². The van der Waals surface area contributed by atoms with E-state index in [0.717, 1.165) is 12.8 Å². The molecule has 2 N–H and O–H groups in total. The Hall–Kier alpha value is -1.35. The number of carbonyl (C=O) groups excluding carboxylic acids is 1. The first-order chi connectivity index (χ1) is 9.42. The van der Waals surface area contributed by atoms with Crippen molar-refractivity contribution < 1.29 is 9.90 Å². The number of benzene rings is 1. The molecule has 0 radical (unpaired) electrons. The lowest BCUT2D eigenvalue weighted by molar-refractivity contribution is -0.122. The zero-order valence-corrected chi connectivity index (χ0v) is 12.9. The lowest BCUT2D eigenvalue weighted by atomic mass is 9.91. The quantitative estimate of drug-likeness (QED) is 0.804. The summed E-state index contributed by atoms with van der Waals surface area (Å²) < 4.78 is 0. The Kier molecular flexibility index (Phi) is 6.73. The average molecular weight is 277 g/mol. The van der Waals surface area contributed by atoms with Crippen LogP contribution in [0.4, 0.5) is 0 Å². The molecule has 3 heteroatoms. The molecule has 1 rings (SSSR count). The Bertz CT molecular complexity index is 395. The van der Waals surface area contributed by atoms with Crippen LogP contribution >= 0.6 is 0 Å². The van der Waals surface area contributed by atoms with E-state index in [-0.39, 0.29) is 17.9 Å². The van der Waals surface area contributed by atoms with Gasteiger partial charge in [-0.15, -0.1) is 0 Å². The molecule has 1 aromatic rings. The molecule has 0 saturated carbocycles. The Labute approximate surface area is 122 Å². The van der Waals surface area contributed by atoms with E-state index in [1.54, 1.807) is 0 Å². The smallest absolute Gasteiger partial charge is 0.220 e. The first-order valence-corrected chi connectivity index (χ1v) is 7.35. The SMILES string of the molecule is CC(C)(C)CC(=O)NCCC(CCO)c1ccccc1.